The van der Waals surface area contributed by atoms with Gasteiger partial charge in [-0.1, -0.05) is 13.0 Å². The summed E-state index contributed by atoms with van der Waals surface area (Å²) in [6, 6.07) is 9.03. The largest absolute Gasteiger partial charge is 0.477 e. The van der Waals surface area contributed by atoms with Crippen molar-refractivity contribution >= 4 is 29.5 Å². The predicted octanol–water partition coefficient (Wildman–Crippen LogP) is 6.58. The van der Waals surface area contributed by atoms with Crippen molar-refractivity contribution in [2.24, 2.45) is 17.3 Å². The Morgan fingerprint density at radius 3 is 2.68 bits per heavy atom. The second-order valence-corrected chi connectivity index (χ2v) is 13.7. The van der Waals surface area contributed by atoms with E-state index in [4.69, 9.17) is 14.7 Å². The van der Waals surface area contributed by atoms with E-state index in [9.17, 15) is 18.0 Å². The fraction of sp³-hybridized carbons (Fsp3) is 0.548. The molecule has 9 nitrogen and oxygen atoms in total. The summed E-state index contributed by atoms with van der Waals surface area (Å²) in [5, 5.41) is 8.59. The number of aromatic nitrogens is 4. The molecule has 6 rings (SSSR count). The maximum Gasteiger partial charge on any atom is 0.394 e. The lowest BCUT2D eigenvalue weighted by atomic mass is 9.86. The van der Waals surface area contributed by atoms with E-state index < -0.39 is 11.6 Å². The fourth-order valence-corrected chi connectivity index (χ4v) is 6.89. The van der Waals surface area contributed by atoms with E-state index in [-0.39, 0.29) is 43.2 Å². The SMILES string of the molecule is Cc1ccc2nc1SNC(=O)c1ccc(-n3ccc(OCCC4(C(F)(F)F)CC4)n3)nc1N1CC(CC1(C)C)C(C)CCN2. The Labute approximate surface area is 259 Å². The van der Waals surface area contributed by atoms with Crippen molar-refractivity contribution in [2.45, 2.75) is 76.5 Å². The molecule has 5 heterocycles. The van der Waals surface area contributed by atoms with Gasteiger partial charge < -0.3 is 15.0 Å². The topological polar surface area (TPSA) is 97.2 Å². The summed E-state index contributed by atoms with van der Waals surface area (Å²) >= 11 is 1.18. The van der Waals surface area contributed by atoms with Gasteiger partial charge in [-0.15, -0.1) is 5.10 Å². The van der Waals surface area contributed by atoms with Gasteiger partial charge in [0.25, 0.3) is 5.91 Å². The van der Waals surface area contributed by atoms with Gasteiger partial charge in [0.1, 0.15) is 16.7 Å². The normalized spacial score (nSPS) is 22.7. The third kappa shape index (κ3) is 6.07. The van der Waals surface area contributed by atoms with Gasteiger partial charge in [0, 0.05) is 42.8 Å². The first-order chi connectivity index (χ1) is 20.8. The van der Waals surface area contributed by atoms with E-state index in [1.165, 1.54) is 16.6 Å². The Morgan fingerprint density at radius 1 is 1.14 bits per heavy atom. The highest BCUT2D eigenvalue weighted by Gasteiger charge is 2.62. The Morgan fingerprint density at radius 2 is 1.93 bits per heavy atom. The minimum atomic E-state index is -4.21. The van der Waals surface area contributed by atoms with E-state index >= 15 is 0 Å². The van der Waals surface area contributed by atoms with Crippen LogP contribution in [0.25, 0.3) is 5.82 Å². The Bertz CT molecular complexity index is 1540. The third-order valence-corrected chi connectivity index (χ3v) is 10.3. The quantitative estimate of drug-likeness (QED) is 0.306. The van der Waals surface area contributed by atoms with Gasteiger partial charge in [-0.25, -0.2) is 14.6 Å². The second-order valence-electron chi connectivity index (χ2n) is 12.9. The van der Waals surface area contributed by atoms with Crippen molar-refractivity contribution in [2.75, 3.05) is 29.9 Å². The zero-order valence-electron chi connectivity index (χ0n) is 25.4. The number of aryl methyl sites for hydroxylation is 1. The van der Waals surface area contributed by atoms with Crippen LogP contribution >= 0.6 is 11.9 Å². The molecule has 2 aliphatic heterocycles. The van der Waals surface area contributed by atoms with Gasteiger partial charge >= 0.3 is 6.18 Å². The summed E-state index contributed by atoms with van der Waals surface area (Å²) in [7, 11) is 0. The molecule has 0 spiro atoms. The molecule has 1 saturated heterocycles. The first-order valence-electron chi connectivity index (χ1n) is 15.1. The number of hydrogen-bond donors (Lipinski definition) is 2. The standard InChI is InChI=1S/C31H38F3N7O2S/c1-19-9-14-35-23-7-5-20(2)28(36-23)44-39-27(42)22-6-8-24(37-26(22)40-18-21(19)17-29(40,3)4)41-15-10-25(38-41)43-16-13-30(11-12-30)31(32,33)34/h5-8,10,15,19,21H,9,11-14,16-18H2,1-4H3,(H,35,36)(H,39,42). The molecular weight excluding hydrogens is 591 g/mol. The molecule has 0 radical (unpaired) electrons. The fourth-order valence-electron chi connectivity index (χ4n) is 6.22. The first-order valence-corrected chi connectivity index (χ1v) is 15.9. The number of carbonyl (C=O) groups excluding carboxylic acids is 1. The maximum absolute atomic E-state index is 13.7. The zero-order valence-corrected chi connectivity index (χ0v) is 26.2. The van der Waals surface area contributed by atoms with Gasteiger partial charge in [0.05, 0.1) is 17.6 Å². The van der Waals surface area contributed by atoms with Crippen LogP contribution in [-0.4, -0.2) is 57.1 Å². The number of pyridine rings is 2. The number of nitrogens with one attached hydrogen (secondary N) is 2. The first kappa shape index (κ1) is 30.5. The molecule has 1 aliphatic carbocycles. The molecule has 1 saturated carbocycles. The van der Waals surface area contributed by atoms with E-state index in [1.54, 1.807) is 24.4 Å². The van der Waals surface area contributed by atoms with Crippen LogP contribution in [0.2, 0.25) is 0 Å². The van der Waals surface area contributed by atoms with Gasteiger partial charge in [0.15, 0.2) is 5.82 Å². The van der Waals surface area contributed by atoms with Crippen molar-refractivity contribution in [3.8, 4) is 11.7 Å². The number of hydrogen-bond acceptors (Lipinski definition) is 8. The van der Waals surface area contributed by atoms with Crippen molar-refractivity contribution in [3.63, 3.8) is 0 Å². The van der Waals surface area contributed by atoms with Crippen LogP contribution in [0, 0.1) is 24.2 Å². The van der Waals surface area contributed by atoms with Crippen LogP contribution in [0.4, 0.5) is 24.8 Å². The molecule has 236 valence electrons. The van der Waals surface area contributed by atoms with E-state index in [0.29, 0.717) is 34.1 Å². The number of nitrogens with zero attached hydrogens (tertiary/aromatic N) is 5. The highest BCUT2D eigenvalue weighted by atomic mass is 32.2. The Balaban J connectivity index is 1.28. The number of alkyl halides is 3. The molecule has 4 bridgehead atoms. The van der Waals surface area contributed by atoms with Crippen LogP contribution in [0.3, 0.4) is 0 Å². The zero-order chi connectivity index (χ0) is 31.3. The van der Waals surface area contributed by atoms with E-state index in [1.807, 2.05) is 19.1 Å². The van der Waals surface area contributed by atoms with Crippen molar-refractivity contribution in [3.05, 3.63) is 47.7 Å². The van der Waals surface area contributed by atoms with Gasteiger partial charge in [0.2, 0.25) is 5.88 Å². The molecule has 2 unspecified atom stereocenters. The molecule has 2 N–H and O–H groups in total. The number of rotatable bonds is 5. The maximum atomic E-state index is 13.7. The molecule has 13 heteroatoms. The average Bonchev–Trinajstić information content (AvgIpc) is 3.51. The number of amides is 1. The molecule has 3 aliphatic rings. The van der Waals surface area contributed by atoms with Crippen LogP contribution in [0.5, 0.6) is 5.88 Å². The lowest BCUT2D eigenvalue weighted by Gasteiger charge is -2.34. The molecule has 2 atom stereocenters. The number of anilines is 2. The van der Waals surface area contributed by atoms with Gasteiger partial charge in [-0.05, 0) is 88.5 Å². The molecule has 0 aromatic carbocycles. The highest BCUT2D eigenvalue weighted by molar-refractivity contribution is 7.98. The lowest BCUT2D eigenvalue weighted by molar-refractivity contribution is -0.190. The van der Waals surface area contributed by atoms with Crippen LogP contribution in [0.1, 0.15) is 68.8 Å². The summed E-state index contributed by atoms with van der Waals surface area (Å²) in [4.78, 5) is 25.6. The Hall–Kier alpha value is -3.48. The molecule has 3 aromatic heterocycles. The number of halogens is 3. The van der Waals surface area contributed by atoms with Crippen LogP contribution in [0.15, 0.2) is 41.6 Å². The van der Waals surface area contributed by atoms with E-state index in [2.05, 4.69) is 40.8 Å². The highest BCUT2D eigenvalue weighted by Crippen LogP contribution is 2.59. The lowest BCUT2D eigenvalue weighted by Crippen LogP contribution is -2.40. The number of fused-ring (bicyclic) bond motifs is 6. The number of carbonyl (C=O) groups is 1. The number of ether oxygens (including phenoxy) is 1. The molecule has 1 amide bonds. The second kappa shape index (κ2) is 11.5. The van der Waals surface area contributed by atoms with Crippen molar-refractivity contribution < 1.29 is 22.7 Å². The van der Waals surface area contributed by atoms with Gasteiger partial charge in [-0.2, -0.15) is 13.2 Å². The molecule has 3 aromatic rings. The Kier molecular flexibility index (Phi) is 7.96. The summed E-state index contributed by atoms with van der Waals surface area (Å²) < 4.78 is 50.0. The van der Waals surface area contributed by atoms with Crippen molar-refractivity contribution in [1.82, 2.24) is 24.5 Å². The third-order valence-electron chi connectivity index (χ3n) is 9.36. The summed E-state index contributed by atoms with van der Waals surface area (Å²) in [5.41, 5.74) is -0.478. The smallest absolute Gasteiger partial charge is 0.394 e. The minimum Gasteiger partial charge on any atom is -0.477 e. The van der Waals surface area contributed by atoms with Gasteiger partial charge in [-0.3, -0.25) is 9.52 Å². The monoisotopic (exact) mass is 629 g/mol. The van der Waals surface area contributed by atoms with Crippen LogP contribution < -0.4 is 19.7 Å². The average molecular weight is 630 g/mol. The summed E-state index contributed by atoms with van der Waals surface area (Å²) in [5.74, 6) is 2.58. The van der Waals surface area contributed by atoms with E-state index in [0.717, 1.165) is 37.3 Å². The molecular formula is C31H38F3N7O2S. The minimum absolute atomic E-state index is 0.0692. The summed E-state index contributed by atoms with van der Waals surface area (Å²) in [6.45, 7) is 10.1. The molecule has 44 heavy (non-hydrogen) atoms. The van der Waals surface area contributed by atoms with Crippen molar-refractivity contribution in [1.29, 1.82) is 0 Å². The predicted molar refractivity (Wildman–Crippen MR) is 163 cm³/mol. The van der Waals surface area contributed by atoms with Crippen LogP contribution in [-0.2, 0) is 0 Å². The molecule has 2 fully saturated rings. The summed E-state index contributed by atoms with van der Waals surface area (Å²) in [6.07, 6.45) is -0.428.